The summed E-state index contributed by atoms with van der Waals surface area (Å²) in [5, 5.41) is 19.4. The highest BCUT2D eigenvalue weighted by molar-refractivity contribution is 5.51. The summed E-state index contributed by atoms with van der Waals surface area (Å²) in [5.41, 5.74) is 1.85. The van der Waals surface area contributed by atoms with Gasteiger partial charge in [-0.3, -0.25) is 0 Å². The smallest absolute Gasteiger partial charge is 0.130 e. The molecule has 0 aromatic heterocycles. The number of benzene rings is 1. The second-order valence-corrected chi connectivity index (χ2v) is 4.78. The quantitative estimate of drug-likeness (QED) is 0.821. The predicted molar refractivity (Wildman–Crippen MR) is 80.2 cm³/mol. The molecule has 2 N–H and O–H groups in total. The Labute approximate surface area is 119 Å². The second kappa shape index (κ2) is 6.33. The number of hydrogen-bond acceptors (Lipinski definition) is 3. The first kappa shape index (κ1) is 14.3. The lowest BCUT2D eigenvalue weighted by Gasteiger charge is -2.27. The Morgan fingerprint density at radius 2 is 2.05 bits per heavy atom. The van der Waals surface area contributed by atoms with Gasteiger partial charge in [0.1, 0.15) is 23.4 Å². The van der Waals surface area contributed by atoms with Crippen molar-refractivity contribution in [3.05, 3.63) is 53.6 Å². The number of rotatable bonds is 3. The highest BCUT2D eigenvalue weighted by atomic mass is 16.5. The summed E-state index contributed by atoms with van der Waals surface area (Å²) >= 11 is 0. The Balaban J connectivity index is 2.29. The van der Waals surface area contributed by atoms with Gasteiger partial charge in [0.2, 0.25) is 0 Å². The standard InChI is InChI=1S/C17H20O3/c1-3-5-7-12(6-4-2)16-9-8-14-15(19)10-13(18)11-17(14)20-16/h3-7,10-11,16,18-19H,8-9H2,1-2H3/b5-3-,6-4-,12-7+. The fraction of sp³-hybridized carbons (Fsp3) is 0.294. The molecule has 20 heavy (non-hydrogen) atoms. The Morgan fingerprint density at radius 3 is 2.75 bits per heavy atom. The minimum Gasteiger partial charge on any atom is -0.508 e. The maximum absolute atomic E-state index is 9.83. The van der Waals surface area contributed by atoms with Crippen LogP contribution < -0.4 is 4.74 Å². The first-order chi connectivity index (χ1) is 9.65. The fourth-order valence-electron chi connectivity index (χ4n) is 2.37. The molecule has 1 atom stereocenters. The molecule has 1 unspecified atom stereocenters. The van der Waals surface area contributed by atoms with Gasteiger partial charge in [-0.1, -0.05) is 30.4 Å². The molecule has 1 aromatic carbocycles. The zero-order valence-corrected chi connectivity index (χ0v) is 11.8. The number of phenolic OH excluding ortho intramolecular Hbond substituents is 2. The molecule has 1 aliphatic rings. The summed E-state index contributed by atoms with van der Waals surface area (Å²) in [6, 6.07) is 2.91. The molecule has 2 rings (SSSR count). The number of allylic oxidation sites excluding steroid dienone is 4. The largest absolute Gasteiger partial charge is 0.508 e. The first-order valence-corrected chi connectivity index (χ1v) is 6.82. The van der Waals surface area contributed by atoms with Crippen LogP contribution in [0.5, 0.6) is 17.2 Å². The van der Waals surface area contributed by atoms with E-state index in [1.807, 2.05) is 44.2 Å². The van der Waals surface area contributed by atoms with E-state index < -0.39 is 0 Å². The summed E-state index contributed by atoms with van der Waals surface area (Å²) < 4.78 is 5.93. The van der Waals surface area contributed by atoms with Gasteiger partial charge in [0.15, 0.2) is 0 Å². The third-order valence-electron chi connectivity index (χ3n) is 3.31. The Morgan fingerprint density at radius 1 is 1.25 bits per heavy atom. The van der Waals surface area contributed by atoms with Crippen LogP contribution >= 0.6 is 0 Å². The maximum Gasteiger partial charge on any atom is 0.130 e. The van der Waals surface area contributed by atoms with Crippen LogP contribution in [0.4, 0.5) is 0 Å². The molecule has 106 valence electrons. The summed E-state index contributed by atoms with van der Waals surface area (Å²) in [5.74, 6) is 0.685. The molecule has 1 aliphatic heterocycles. The van der Waals surface area contributed by atoms with E-state index in [9.17, 15) is 10.2 Å². The van der Waals surface area contributed by atoms with Crippen LogP contribution in [-0.2, 0) is 6.42 Å². The minimum absolute atomic E-state index is 0.0203. The molecule has 1 aromatic rings. The van der Waals surface area contributed by atoms with Gasteiger partial charge < -0.3 is 14.9 Å². The van der Waals surface area contributed by atoms with Gasteiger partial charge in [0, 0.05) is 17.7 Å². The van der Waals surface area contributed by atoms with E-state index in [1.165, 1.54) is 6.07 Å². The molecule has 0 saturated carbocycles. The molecular formula is C17H20O3. The minimum atomic E-state index is -0.0592. The van der Waals surface area contributed by atoms with Crippen LogP contribution in [0.1, 0.15) is 25.8 Å². The lowest BCUT2D eigenvalue weighted by molar-refractivity contribution is 0.207. The van der Waals surface area contributed by atoms with Gasteiger partial charge in [-0.05, 0) is 32.3 Å². The molecule has 0 aliphatic carbocycles. The van der Waals surface area contributed by atoms with Crippen LogP contribution in [0.15, 0.2) is 48.1 Å². The van der Waals surface area contributed by atoms with Crippen molar-refractivity contribution in [1.29, 1.82) is 0 Å². The Hall–Kier alpha value is -2.16. The Bertz CT molecular complexity index is 568. The third kappa shape index (κ3) is 3.05. The molecular weight excluding hydrogens is 252 g/mol. The van der Waals surface area contributed by atoms with Crippen molar-refractivity contribution in [1.82, 2.24) is 0 Å². The van der Waals surface area contributed by atoms with Crippen LogP contribution in [0, 0.1) is 0 Å². The Kier molecular flexibility index (Phi) is 4.51. The summed E-state index contributed by atoms with van der Waals surface area (Å²) in [6.07, 6.45) is 11.5. The monoisotopic (exact) mass is 272 g/mol. The highest BCUT2D eigenvalue weighted by Gasteiger charge is 2.24. The third-order valence-corrected chi connectivity index (χ3v) is 3.31. The average Bonchev–Trinajstić information content (AvgIpc) is 2.42. The van der Waals surface area contributed by atoms with E-state index in [-0.39, 0.29) is 17.6 Å². The lowest BCUT2D eigenvalue weighted by atomic mass is 9.96. The van der Waals surface area contributed by atoms with Crippen molar-refractivity contribution in [2.45, 2.75) is 32.8 Å². The number of ether oxygens (including phenoxy) is 1. The summed E-state index contributed by atoms with van der Waals surface area (Å²) in [4.78, 5) is 0. The maximum atomic E-state index is 9.83. The van der Waals surface area contributed by atoms with E-state index in [1.54, 1.807) is 6.07 Å². The average molecular weight is 272 g/mol. The topological polar surface area (TPSA) is 49.7 Å². The normalized spacial score (nSPS) is 19.3. The van der Waals surface area contributed by atoms with E-state index in [4.69, 9.17) is 4.74 Å². The van der Waals surface area contributed by atoms with Gasteiger partial charge in [0.05, 0.1) is 0 Å². The van der Waals surface area contributed by atoms with Gasteiger partial charge in [0.25, 0.3) is 0 Å². The highest BCUT2D eigenvalue weighted by Crippen LogP contribution is 2.39. The molecule has 0 fully saturated rings. The number of hydrogen-bond donors (Lipinski definition) is 2. The first-order valence-electron chi connectivity index (χ1n) is 6.82. The van der Waals surface area contributed by atoms with E-state index in [2.05, 4.69) is 0 Å². The molecule has 0 spiro atoms. The molecule has 0 amide bonds. The summed E-state index contributed by atoms with van der Waals surface area (Å²) in [7, 11) is 0. The van der Waals surface area contributed by atoms with Crippen LogP contribution in [0.2, 0.25) is 0 Å². The van der Waals surface area contributed by atoms with Gasteiger partial charge in [-0.15, -0.1) is 0 Å². The summed E-state index contributed by atoms with van der Waals surface area (Å²) in [6.45, 7) is 3.94. The predicted octanol–water partition coefficient (Wildman–Crippen LogP) is 3.87. The van der Waals surface area contributed by atoms with Crippen LogP contribution in [0.3, 0.4) is 0 Å². The zero-order valence-electron chi connectivity index (χ0n) is 11.8. The van der Waals surface area contributed by atoms with Crippen molar-refractivity contribution in [3.8, 4) is 17.2 Å². The van der Waals surface area contributed by atoms with Crippen molar-refractivity contribution >= 4 is 0 Å². The van der Waals surface area contributed by atoms with Crippen molar-refractivity contribution in [2.75, 3.05) is 0 Å². The van der Waals surface area contributed by atoms with Crippen LogP contribution in [0.25, 0.3) is 0 Å². The molecule has 0 radical (unpaired) electrons. The lowest BCUT2D eigenvalue weighted by Crippen LogP contribution is -2.24. The molecule has 3 heteroatoms. The van der Waals surface area contributed by atoms with Crippen molar-refractivity contribution in [2.24, 2.45) is 0 Å². The molecule has 0 saturated heterocycles. The van der Waals surface area contributed by atoms with Crippen molar-refractivity contribution < 1.29 is 14.9 Å². The van der Waals surface area contributed by atoms with Crippen molar-refractivity contribution in [3.63, 3.8) is 0 Å². The number of phenols is 2. The molecule has 0 bridgehead atoms. The molecule has 3 nitrogen and oxygen atoms in total. The van der Waals surface area contributed by atoms with E-state index in [0.29, 0.717) is 5.75 Å². The van der Waals surface area contributed by atoms with E-state index >= 15 is 0 Å². The van der Waals surface area contributed by atoms with Gasteiger partial charge in [-0.2, -0.15) is 0 Å². The zero-order chi connectivity index (χ0) is 14.5. The second-order valence-electron chi connectivity index (χ2n) is 4.78. The number of fused-ring (bicyclic) bond motifs is 1. The van der Waals surface area contributed by atoms with Gasteiger partial charge >= 0.3 is 0 Å². The van der Waals surface area contributed by atoms with Gasteiger partial charge in [-0.25, -0.2) is 0 Å². The SMILES string of the molecule is C\C=C/C=C(\C=C/C)C1CCc2c(O)cc(O)cc2O1. The molecule has 1 heterocycles. The number of aromatic hydroxyl groups is 2. The van der Waals surface area contributed by atoms with Crippen LogP contribution in [-0.4, -0.2) is 16.3 Å². The fourth-order valence-corrected chi connectivity index (χ4v) is 2.37. The van der Waals surface area contributed by atoms with E-state index in [0.717, 1.165) is 24.0 Å².